The Morgan fingerprint density at radius 1 is 1.82 bits per heavy atom. The van der Waals surface area contributed by atoms with Gasteiger partial charge in [-0.3, -0.25) is 0 Å². The minimum atomic E-state index is -1.11. The zero-order valence-corrected chi connectivity index (χ0v) is 6.92. The molecule has 0 bridgehead atoms. The summed E-state index contributed by atoms with van der Waals surface area (Å²) < 4.78 is 5.23. The number of hydrogen-bond acceptors (Lipinski definition) is 2. The summed E-state index contributed by atoms with van der Waals surface area (Å²) in [6.45, 7) is 5.28. The van der Waals surface area contributed by atoms with Crippen molar-refractivity contribution in [3.63, 3.8) is 0 Å². The van der Waals surface area contributed by atoms with Crippen LogP contribution in [0.3, 0.4) is 0 Å². The Balaban J connectivity index is 2.88. The van der Waals surface area contributed by atoms with Crippen LogP contribution in [0.2, 0.25) is 0 Å². The van der Waals surface area contributed by atoms with Crippen molar-refractivity contribution in [3.8, 4) is 0 Å². The standard InChI is InChI=1S/C8H12O3/c1-5-4-8(3,7(9)10)11-6(5)2/h4,6H,1-3H3,(H,9,10)/t6-,8-/m0/s1. The molecular weight excluding hydrogens is 144 g/mol. The van der Waals surface area contributed by atoms with Crippen LogP contribution in [0.5, 0.6) is 0 Å². The van der Waals surface area contributed by atoms with Crippen LogP contribution in [0, 0.1) is 0 Å². The van der Waals surface area contributed by atoms with Crippen LogP contribution in [-0.2, 0) is 9.53 Å². The predicted octanol–water partition coefficient (Wildman–Crippen LogP) is 1.19. The molecule has 0 aliphatic carbocycles. The molecule has 3 heteroatoms. The van der Waals surface area contributed by atoms with E-state index in [1.165, 1.54) is 0 Å². The fourth-order valence-electron chi connectivity index (χ4n) is 1.16. The number of carboxylic acid groups (broad SMARTS) is 1. The maximum Gasteiger partial charge on any atom is 0.339 e. The average Bonchev–Trinajstić information content (AvgIpc) is 2.09. The van der Waals surface area contributed by atoms with E-state index in [4.69, 9.17) is 9.84 Å². The molecule has 1 heterocycles. The molecule has 1 N–H and O–H groups in total. The van der Waals surface area contributed by atoms with Crippen LogP contribution in [0.15, 0.2) is 11.6 Å². The van der Waals surface area contributed by atoms with Gasteiger partial charge in [0, 0.05) is 0 Å². The van der Waals surface area contributed by atoms with Crippen molar-refractivity contribution >= 4 is 5.97 Å². The molecule has 0 saturated carbocycles. The number of rotatable bonds is 1. The van der Waals surface area contributed by atoms with Gasteiger partial charge in [-0.25, -0.2) is 4.79 Å². The quantitative estimate of drug-likeness (QED) is 0.580. The van der Waals surface area contributed by atoms with Gasteiger partial charge in [-0.15, -0.1) is 0 Å². The predicted molar refractivity (Wildman–Crippen MR) is 40.3 cm³/mol. The Kier molecular flexibility index (Phi) is 1.76. The molecule has 1 aliphatic heterocycles. The van der Waals surface area contributed by atoms with Gasteiger partial charge >= 0.3 is 5.97 Å². The van der Waals surface area contributed by atoms with Crippen molar-refractivity contribution < 1.29 is 14.6 Å². The van der Waals surface area contributed by atoms with E-state index in [2.05, 4.69) is 0 Å². The zero-order valence-electron chi connectivity index (χ0n) is 6.92. The van der Waals surface area contributed by atoms with Crippen LogP contribution in [0.1, 0.15) is 20.8 Å². The minimum absolute atomic E-state index is 0.0731. The highest BCUT2D eigenvalue weighted by molar-refractivity contribution is 5.80. The third-order valence-corrected chi connectivity index (χ3v) is 1.99. The minimum Gasteiger partial charge on any atom is -0.479 e. The highest BCUT2D eigenvalue weighted by Crippen LogP contribution is 2.28. The second kappa shape index (κ2) is 2.34. The fourth-order valence-corrected chi connectivity index (χ4v) is 1.16. The first-order chi connectivity index (χ1) is 4.96. The number of carboxylic acids is 1. The molecule has 0 aromatic carbocycles. The molecular formula is C8H12O3. The lowest BCUT2D eigenvalue weighted by atomic mass is 10.1. The third kappa shape index (κ3) is 1.28. The molecule has 62 valence electrons. The molecule has 0 spiro atoms. The van der Waals surface area contributed by atoms with Crippen LogP contribution in [-0.4, -0.2) is 22.8 Å². The molecule has 0 radical (unpaired) electrons. The van der Waals surface area contributed by atoms with Crippen molar-refractivity contribution in [3.05, 3.63) is 11.6 Å². The lowest BCUT2D eigenvalue weighted by molar-refractivity contribution is -0.157. The SMILES string of the molecule is CC1=C[C@@](C)(C(=O)O)O[C@H]1C. The Hall–Kier alpha value is -0.830. The second-order valence-corrected chi connectivity index (χ2v) is 3.06. The molecule has 3 nitrogen and oxygen atoms in total. The van der Waals surface area contributed by atoms with Crippen LogP contribution in [0.25, 0.3) is 0 Å². The smallest absolute Gasteiger partial charge is 0.339 e. The summed E-state index contributed by atoms with van der Waals surface area (Å²) in [6, 6.07) is 0. The monoisotopic (exact) mass is 156 g/mol. The van der Waals surface area contributed by atoms with Gasteiger partial charge in [0.15, 0.2) is 5.60 Å². The van der Waals surface area contributed by atoms with Gasteiger partial charge in [0.25, 0.3) is 0 Å². The molecule has 2 atom stereocenters. The summed E-state index contributed by atoms with van der Waals surface area (Å²) in [7, 11) is 0. The summed E-state index contributed by atoms with van der Waals surface area (Å²) in [5.41, 5.74) is -0.126. The topological polar surface area (TPSA) is 46.5 Å². The average molecular weight is 156 g/mol. The Labute approximate surface area is 65.7 Å². The largest absolute Gasteiger partial charge is 0.479 e. The molecule has 1 rings (SSSR count). The number of carbonyl (C=O) groups is 1. The van der Waals surface area contributed by atoms with E-state index < -0.39 is 11.6 Å². The number of hydrogen-bond donors (Lipinski definition) is 1. The van der Waals surface area contributed by atoms with E-state index in [0.717, 1.165) is 5.57 Å². The van der Waals surface area contributed by atoms with E-state index >= 15 is 0 Å². The van der Waals surface area contributed by atoms with E-state index in [1.54, 1.807) is 13.0 Å². The first kappa shape index (κ1) is 8.27. The summed E-state index contributed by atoms with van der Waals surface area (Å²) >= 11 is 0. The van der Waals surface area contributed by atoms with Crippen molar-refractivity contribution in [1.82, 2.24) is 0 Å². The van der Waals surface area contributed by atoms with Gasteiger partial charge in [-0.1, -0.05) is 0 Å². The molecule has 0 amide bonds. The molecule has 1 aliphatic rings. The molecule has 0 fully saturated rings. The van der Waals surface area contributed by atoms with Gasteiger partial charge in [0.05, 0.1) is 6.10 Å². The molecule has 0 aromatic rings. The van der Waals surface area contributed by atoms with Crippen molar-refractivity contribution in [2.75, 3.05) is 0 Å². The first-order valence-corrected chi connectivity index (χ1v) is 3.56. The highest BCUT2D eigenvalue weighted by Gasteiger charge is 2.38. The summed E-state index contributed by atoms with van der Waals surface area (Å²) in [5.74, 6) is -0.929. The van der Waals surface area contributed by atoms with Crippen molar-refractivity contribution in [2.45, 2.75) is 32.5 Å². The van der Waals surface area contributed by atoms with E-state index in [0.29, 0.717) is 0 Å². The van der Waals surface area contributed by atoms with Gasteiger partial charge in [-0.2, -0.15) is 0 Å². The number of aliphatic carboxylic acids is 1. The Bertz CT molecular complexity index is 219. The molecule has 0 saturated heterocycles. The maximum absolute atomic E-state index is 10.6. The third-order valence-electron chi connectivity index (χ3n) is 1.99. The van der Waals surface area contributed by atoms with Gasteiger partial charge in [0.2, 0.25) is 0 Å². The summed E-state index contributed by atoms with van der Waals surface area (Å²) in [4.78, 5) is 10.6. The van der Waals surface area contributed by atoms with Crippen LogP contribution < -0.4 is 0 Å². The summed E-state index contributed by atoms with van der Waals surface area (Å²) in [5, 5.41) is 8.74. The fraction of sp³-hybridized carbons (Fsp3) is 0.625. The maximum atomic E-state index is 10.6. The molecule has 0 aromatic heterocycles. The van der Waals surface area contributed by atoms with Crippen LogP contribution >= 0.6 is 0 Å². The second-order valence-electron chi connectivity index (χ2n) is 3.06. The molecule has 0 unspecified atom stereocenters. The zero-order chi connectivity index (χ0) is 8.65. The first-order valence-electron chi connectivity index (χ1n) is 3.56. The Morgan fingerprint density at radius 3 is 2.55 bits per heavy atom. The van der Waals surface area contributed by atoms with Crippen molar-refractivity contribution in [1.29, 1.82) is 0 Å². The normalized spacial score (nSPS) is 37.0. The number of ether oxygens (including phenoxy) is 1. The molecule has 11 heavy (non-hydrogen) atoms. The van der Waals surface area contributed by atoms with Crippen molar-refractivity contribution in [2.24, 2.45) is 0 Å². The van der Waals surface area contributed by atoms with E-state index in [-0.39, 0.29) is 6.10 Å². The van der Waals surface area contributed by atoms with Gasteiger partial charge in [-0.05, 0) is 32.4 Å². The van der Waals surface area contributed by atoms with E-state index in [9.17, 15) is 4.79 Å². The lowest BCUT2D eigenvalue weighted by Gasteiger charge is -2.17. The Morgan fingerprint density at radius 2 is 2.36 bits per heavy atom. The lowest BCUT2D eigenvalue weighted by Crippen LogP contribution is -2.34. The van der Waals surface area contributed by atoms with Gasteiger partial charge < -0.3 is 9.84 Å². The summed E-state index contributed by atoms with van der Waals surface area (Å²) in [6.07, 6.45) is 1.58. The van der Waals surface area contributed by atoms with E-state index in [1.807, 2.05) is 13.8 Å². The van der Waals surface area contributed by atoms with Gasteiger partial charge in [0.1, 0.15) is 0 Å². The van der Waals surface area contributed by atoms with Crippen LogP contribution in [0.4, 0.5) is 0 Å². The highest BCUT2D eigenvalue weighted by atomic mass is 16.5.